The molecule has 1 amide bonds. The molecule has 2 saturated heterocycles. The molecule has 5 rings (SSSR count). The van der Waals surface area contributed by atoms with Gasteiger partial charge >= 0.3 is 12.1 Å². The van der Waals surface area contributed by atoms with Gasteiger partial charge in [0.25, 0.3) is 0 Å². The molecule has 3 aliphatic rings. The van der Waals surface area contributed by atoms with Crippen LogP contribution in [0, 0.1) is 6.92 Å². The normalized spacial score (nSPS) is 25.5. The molecule has 0 aliphatic carbocycles. The fourth-order valence-electron chi connectivity index (χ4n) is 5.66. The van der Waals surface area contributed by atoms with Crippen molar-refractivity contribution >= 4 is 12.1 Å². The zero-order chi connectivity index (χ0) is 21.8. The first-order valence-electron chi connectivity index (χ1n) is 10.6. The number of ether oxygens (including phenoxy) is 1. The Morgan fingerprint density at radius 2 is 2.03 bits per heavy atom. The summed E-state index contributed by atoms with van der Waals surface area (Å²) in [6.45, 7) is 3.66. The van der Waals surface area contributed by atoms with Crippen LogP contribution in [0.4, 0.5) is 4.79 Å². The number of likely N-dealkylation sites (tertiary alicyclic amines) is 2. The third kappa shape index (κ3) is 3.28. The largest absolute Gasteiger partial charge is 0.465 e. The summed E-state index contributed by atoms with van der Waals surface area (Å²) >= 11 is 0. The van der Waals surface area contributed by atoms with Crippen LogP contribution in [0.25, 0.3) is 0 Å². The number of aliphatic hydroxyl groups is 1. The van der Waals surface area contributed by atoms with E-state index in [2.05, 4.69) is 4.90 Å². The van der Waals surface area contributed by atoms with Crippen molar-refractivity contribution in [2.75, 3.05) is 19.6 Å². The van der Waals surface area contributed by atoms with Crippen molar-refractivity contribution in [2.45, 2.75) is 44.1 Å². The van der Waals surface area contributed by atoms with Gasteiger partial charge in [0.15, 0.2) is 0 Å². The lowest BCUT2D eigenvalue weighted by molar-refractivity contribution is 0.0379. The standard InChI is InChI=1S/C24H26N2O5/c1-15-18(7-8-19-20(15)13-31-22(19)28)21(27)12-25-14-24(9-16-5-3-2-4-6-16)10-17(25)11-26(24)23(29)30/h2-8,17,21,27H,9-14H2,1H3,(H,29,30). The minimum Gasteiger partial charge on any atom is -0.465 e. The van der Waals surface area contributed by atoms with Crippen molar-refractivity contribution in [1.29, 1.82) is 0 Å². The Morgan fingerprint density at radius 3 is 2.77 bits per heavy atom. The van der Waals surface area contributed by atoms with Crippen LogP contribution in [0.3, 0.4) is 0 Å². The van der Waals surface area contributed by atoms with Gasteiger partial charge in [-0.25, -0.2) is 9.59 Å². The predicted octanol–water partition coefficient (Wildman–Crippen LogP) is 2.75. The van der Waals surface area contributed by atoms with Crippen molar-refractivity contribution < 1.29 is 24.5 Å². The SMILES string of the molecule is Cc1c(C(O)CN2CC3(Cc4ccccc4)CC2CN3C(=O)O)ccc2c1COC2=O. The van der Waals surface area contributed by atoms with Crippen molar-refractivity contribution in [1.82, 2.24) is 9.80 Å². The average Bonchev–Trinajstić information content (AvgIpc) is 3.40. The summed E-state index contributed by atoms with van der Waals surface area (Å²) in [7, 11) is 0. The minimum atomic E-state index is -0.877. The summed E-state index contributed by atoms with van der Waals surface area (Å²) in [5.41, 5.74) is 3.77. The maximum atomic E-state index is 11.9. The van der Waals surface area contributed by atoms with Crippen molar-refractivity contribution in [3.05, 3.63) is 70.3 Å². The number of benzene rings is 2. The maximum absolute atomic E-state index is 11.9. The van der Waals surface area contributed by atoms with E-state index in [-0.39, 0.29) is 18.6 Å². The van der Waals surface area contributed by atoms with Gasteiger partial charge in [-0.2, -0.15) is 0 Å². The van der Waals surface area contributed by atoms with E-state index < -0.39 is 17.7 Å². The molecule has 7 heteroatoms. The van der Waals surface area contributed by atoms with Gasteiger partial charge in [-0.15, -0.1) is 0 Å². The van der Waals surface area contributed by atoms with Crippen molar-refractivity contribution in [2.24, 2.45) is 0 Å². The summed E-state index contributed by atoms with van der Waals surface area (Å²) in [5, 5.41) is 20.8. The quantitative estimate of drug-likeness (QED) is 0.720. The highest BCUT2D eigenvalue weighted by molar-refractivity contribution is 5.93. The number of amides is 1. The second kappa shape index (κ2) is 7.35. The molecule has 0 aromatic heterocycles. The van der Waals surface area contributed by atoms with Gasteiger partial charge in [0, 0.05) is 31.2 Å². The third-order valence-corrected chi connectivity index (χ3v) is 7.18. The number of esters is 1. The van der Waals surface area contributed by atoms with Crippen LogP contribution >= 0.6 is 0 Å². The maximum Gasteiger partial charge on any atom is 0.407 e. The van der Waals surface area contributed by atoms with E-state index in [4.69, 9.17) is 4.74 Å². The fraction of sp³-hybridized carbons (Fsp3) is 0.417. The number of carbonyl (C=O) groups excluding carboxylic acids is 1. The number of rotatable bonds is 5. The topological polar surface area (TPSA) is 90.3 Å². The smallest absolute Gasteiger partial charge is 0.407 e. The lowest BCUT2D eigenvalue weighted by Crippen LogP contribution is -2.57. The zero-order valence-electron chi connectivity index (χ0n) is 17.5. The monoisotopic (exact) mass is 422 g/mol. The Hall–Kier alpha value is -2.90. The van der Waals surface area contributed by atoms with E-state index >= 15 is 0 Å². The Kier molecular flexibility index (Phi) is 4.75. The van der Waals surface area contributed by atoms with E-state index in [1.165, 1.54) is 0 Å². The zero-order valence-corrected chi connectivity index (χ0v) is 17.5. The summed E-state index contributed by atoms with van der Waals surface area (Å²) in [4.78, 5) is 27.5. The number of carbonyl (C=O) groups is 2. The molecule has 0 radical (unpaired) electrons. The number of aliphatic hydroxyl groups excluding tert-OH is 1. The molecule has 2 N–H and O–H groups in total. The van der Waals surface area contributed by atoms with Crippen LogP contribution in [0.1, 0.15) is 45.1 Å². The van der Waals surface area contributed by atoms with Crippen LogP contribution in [0.2, 0.25) is 0 Å². The second-order valence-electron chi connectivity index (χ2n) is 8.97. The third-order valence-electron chi connectivity index (χ3n) is 7.18. The fourth-order valence-corrected chi connectivity index (χ4v) is 5.66. The summed E-state index contributed by atoms with van der Waals surface area (Å²) < 4.78 is 5.12. The van der Waals surface area contributed by atoms with Gasteiger partial charge in [-0.05, 0) is 42.5 Å². The molecule has 3 aliphatic heterocycles. The number of hydrogen-bond donors (Lipinski definition) is 2. The Bertz CT molecular complexity index is 1040. The number of β-amino-alcohol motifs (C(OH)–C–C–N with tert-alkyl or cyclic N) is 1. The number of nitrogens with zero attached hydrogens (tertiary/aromatic N) is 2. The molecular formula is C24H26N2O5. The Labute approximate surface area is 180 Å². The van der Waals surface area contributed by atoms with Crippen molar-refractivity contribution in [3.63, 3.8) is 0 Å². The van der Waals surface area contributed by atoms with E-state index in [9.17, 15) is 19.8 Å². The van der Waals surface area contributed by atoms with Crippen LogP contribution in [-0.2, 0) is 17.8 Å². The number of hydrogen-bond acceptors (Lipinski definition) is 5. The minimum absolute atomic E-state index is 0.0918. The molecule has 0 spiro atoms. The highest BCUT2D eigenvalue weighted by Crippen LogP contribution is 2.43. The summed E-state index contributed by atoms with van der Waals surface area (Å²) in [5.74, 6) is -0.312. The van der Waals surface area contributed by atoms with E-state index in [0.29, 0.717) is 31.6 Å². The molecule has 7 nitrogen and oxygen atoms in total. The number of piperazine rings is 1. The van der Waals surface area contributed by atoms with Gasteiger partial charge < -0.3 is 14.9 Å². The molecule has 2 bridgehead atoms. The van der Waals surface area contributed by atoms with Gasteiger partial charge in [0.1, 0.15) is 6.61 Å². The molecule has 2 fully saturated rings. The van der Waals surface area contributed by atoms with Crippen LogP contribution in [-0.4, -0.2) is 63.3 Å². The summed E-state index contributed by atoms with van der Waals surface area (Å²) in [6, 6.07) is 13.6. The van der Waals surface area contributed by atoms with Crippen molar-refractivity contribution in [3.8, 4) is 0 Å². The van der Waals surface area contributed by atoms with Crippen LogP contribution < -0.4 is 0 Å². The lowest BCUT2D eigenvalue weighted by Gasteiger charge is -2.41. The van der Waals surface area contributed by atoms with Gasteiger partial charge in [0.05, 0.1) is 17.2 Å². The highest BCUT2D eigenvalue weighted by atomic mass is 16.5. The summed E-state index contributed by atoms with van der Waals surface area (Å²) in [6.07, 6.45) is -0.155. The number of carboxylic acid groups (broad SMARTS) is 1. The van der Waals surface area contributed by atoms with E-state index in [1.54, 1.807) is 11.0 Å². The Balaban J connectivity index is 1.36. The molecule has 2 aromatic rings. The van der Waals surface area contributed by atoms with Gasteiger partial charge in [-0.3, -0.25) is 9.80 Å². The molecule has 162 valence electrons. The van der Waals surface area contributed by atoms with E-state index in [0.717, 1.165) is 28.7 Å². The Morgan fingerprint density at radius 1 is 1.26 bits per heavy atom. The molecule has 2 aromatic carbocycles. The average molecular weight is 422 g/mol. The molecule has 31 heavy (non-hydrogen) atoms. The first-order chi connectivity index (χ1) is 14.9. The lowest BCUT2D eigenvalue weighted by atomic mass is 9.90. The number of fused-ring (bicyclic) bond motifs is 3. The first kappa shape index (κ1) is 20.0. The second-order valence-corrected chi connectivity index (χ2v) is 8.97. The molecule has 3 unspecified atom stereocenters. The molecular weight excluding hydrogens is 396 g/mol. The van der Waals surface area contributed by atoms with E-state index in [1.807, 2.05) is 43.3 Å². The first-order valence-corrected chi connectivity index (χ1v) is 10.6. The van der Waals surface area contributed by atoms with Gasteiger partial charge in [-0.1, -0.05) is 36.4 Å². The molecule has 3 heterocycles. The molecule has 0 saturated carbocycles. The number of cyclic esters (lactones) is 1. The molecule has 3 atom stereocenters. The highest BCUT2D eigenvalue weighted by Gasteiger charge is 2.56. The van der Waals surface area contributed by atoms with Crippen LogP contribution in [0.5, 0.6) is 0 Å². The predicted molar refractivity (Wildman–Crippen MR) is 113 cm³/mol. The van der Waals surface area contributed by atoms with Gasteiger partial charge in [0.2, 0.25) is 0 Å². The van der Waals surface area contributed by atoms with Crippen LogP contribution in [0.15, 0.2) is 42.5 Å².